The zero-order valence-electron chi connectivity index (χ0n) is 33.1. The van der Waals surface area contributed by atoms with Crippen molar-refractivity contribution in [1.29, 1.82) is 0 Å². The van der Waals surface area contributed by atoms with E-state index in [9.17, 15) is 0 Å². The Kier molecular flexibility index (Phi) is 6.23. The number of hydrogen-bond acceptors (Lipinski definition) is 6. The summed E-state index contributed by atoms with van der Waals surface area (Å²) in [4.78, 5) is 7.25. The summed E-state index contributed by atoms with van der Waals surface area (Å²) in [6.45, 7) is -0.275. The van der Waals surface area contributed by atoms with Crippen LogP contribution in [0.2, 0.25) is 0 Å². The molecule has 0 aromatic heterocycles. The van der Waals surface area contributed by atoms with Crippen LogP contribution in [0, 0.1) is 0 Å². The maximum atomic E-state index is 7.40. The molecule has 0 spiro atoms. The molecule has 15 rings (SSSR count). The van der Waals surface area contributed by atoms with Crippen LogP contribution in [0.15, 0.2) is 188 Å². The van der Waals surface area contributed by atoms with Crippen LogP contribution in [0.25, 0.3) is 11.1 Å². The van der Waals surface area contributed by atoms with E-state index in [1.165, 1.54) is 16.6 Å². The first kappa shape index (κ1) is 32.7. The van der Waals surface area contributed by atoms with Gasteiger partial charge in [-0.1, -0.05) is 115 Å². The Hall–Kier alpha value is -8.09. The predicted octanol–water partition coefficient (Wildman–Crippen LogP) is 10.1. The zero-order chi connectivity index (χ0) is 40.2. The van der Waals surface area contributed by atoms with Gasteiger partial charge in [-0.05, 0) is 106 Å². The van der Waals surface area contributed by atoms with E-state index in [-0.39, 0.29) is 13.4 Å². The van der Waals surface area contributed by atoms with Gasteiger partial charge in [-0.2, -0.15) is 0 Å². The van der Waals surface area contributed by atoms with E-state index in [4.69, 9.17) is 14.2 Å². The number of benzene rings is 9. The van der Waals surface area contributed by atoms with Crippen molar-refractivity contribution >= 4 is 97.4 Å². The number of fused-ring (bicyclic) bond motifs is 14. The van der Waals surface area contributed by atoms with Gasteiger partial charge in [-0.3, -0.25) is 0 Å². The summed E-state index contributed by atoms with van der Waals surface area (Å²) in [5.74, 6) is 4.99. The first-order chi connectivity index (χ1) is 30.8. The quantitative estimate of drug-likeness (QED) is 0.162. The molecule has 0 amide bonds. The molecule has 6 heterocycles. The smallest absolute Gasteiger partial charge is 0.256 e. The molecule has 9 aromatic carbocycles. The Balaban J connectivity index is 1.03. The van der Waals surface area contributed by atoms with Crippen molar-refractivity contribution in [2.45, 2.75) is 0 Å². The van der Waals surface area contributed by atoms with E-state index in [0.29, 0.717) is 0 Å². The first-order valence-electron chi connectivity index (χ1n) is 21.2. The summed E-state index contributed by atoms with van der Waals surface area (Å²) in [5.41, 5.74) is 19.0. The molecular formula is C54H31B2N3O3. The third-order valence-corrected chi connectivity index (χ3v) is 13.6. The number of hydrogen-bond donors (Lipinski definition) is 0. The van der Waals surface area contributed by atoms with Gasteiger partial charge in [0.2, 0.25) is 0 Å². The van der Waals surface area contributed by atoms with Gasteiger partial charge in [-0.25, -0.2) is 0 Å². The van der Waals surface area contributed by atoms with Gasteiger partial charge in [0.15, 0.2) is 11.5 Å². The van der Waals surface area contributed by atoms with Gasteiger partial charge in [0.1, 0.15) is 23.0 Å². The Bertz CT molecular complexity index is 3450. The molecule has 286 valence electrons. The predicted molar refractivity (Wildman–Crippen MR) is 252 cm³/mol. The summed E-state index contributed by atoms with van der Waals surface area (Å²) in [7, 11) is 0. The van der Waals surface area contributed by atoms with Crippen molar-refractivity contribution < 1.29 is 14.2 Å². The fourth-order valence-corrected chi connectivity index (χ4v) is 11.3. The highest BCUT2D eigenvalue weighted by atomic mass is 16.5. The summed E-state index contributed by atoms with van der Waals surface area (Å²) < 4.78 is 21.4. The van der Waals surface area contributed by atoms with Crippen LogP contribution < -0.4 is 61.7 Å². The highest BCUT2D eigenvalue weighted by Gasteiger charge is 2.50. The average molecular weight is 791 g/mol. The standard InChI is InChI=1S/C54H31B2N3O3/c1-3-15-32(16-4-1)48-53-36(31-37-54(48)62-46-29-30-47-52-50(46)56(37)35-20-8-10-22-39(35)59(52)42-25-13-14-26-44(42)60-47)55-34-19-7-9-21-38(34)58-41-24-12-11-23-40(41)57(33-17-5-2-6-18-33)43-27-28-45(61-53)49(55)51(43)58/h1-31H. The van der Waals surface area contributed by atoms with Crippen LogP contribution >= 0.6 is 0 Å². The molecule has 0 unspecified atom stereocenters. The maximum absolute atomic E-state index is 7.40. The molecule has 0 fully saturated rings. The van der Waals surface area contributed by atoms with E-state index in [1.807, 2.05) is 12.1 Å². The van der Waals surface area contributed by atoms with Crippen LogP contribution in [0.3, 0.4) is 0 Å². The largest absolute Gasteiger partial charge is 0.458 e. The molecule has 0 aliphatic carbocycles. The molecule has 0 radical (unpaired) electrons. The molecule has 6 aliphatic heterocycles. The highest BCUT2D eigenvalue weighted by molar-refractivity contribution is 7.02. The summed E-state index contributed by atoms with van der Waals surface area (Å²) in [5, 5.41) is 0. The lowest BCUT2D eigenvalue weighted by Gasteiger charge is -2.47. The minimum absolute atomic E-state index is 0.136. The SMILES string of the molecule is c1ccc(-c2c3c(cc4c2Oc2ccc5c6c2B4c2ccccc2N6c2ccccc2N5c2ccccc2)B2c4ccccc4N4c5ccccc5Oc5ccc(c2c54)O3)cc1. The van der Waals surface area contributed by atoms with Gasteiger partial charge >= 0.3 is 0 Å². The van der Waals surface area contributed by atoms with Crippen molar-refractivity contribution in [2.24, 2.45) is 0 Å². The number of rotatable bonds is 2. The number of anilines is 9. The van der Waals surface area contributed by atoms with Gasteiger partial charge in [0.05, 0.1) is 39.7 Å². The molecule has 0 atom stereocenters. The number of ether oxygens (including phenoxy) is 3. The van der Waals surface area contributed by atoms with Gasteiger partial charge in [0, 0.05) is 22.5 Å². The molecule has 0 saturated heterocycles. The third kappa shape index (κ3) is 4.07. The van der Waals surface area contributed by atoms with Crippen LogP contribution in [-0.2, 0) is 0 Å². The van der Waals surface area contributed by atoms with Gasteiger partial charge < -0.3 is 28.9 Å². The van der Waals surface area contributed by atoms with E-state index in [2.05, 4.69) is 191 Å². The molecule has 6 aliphatic rings. The lowest BCUT2D eigenvalue weighted by atomic mass is 9.30. The van der Waals surface area contributed by atoms with E-state index in [1.54, 1.807) is 0 Å². The summed E-state index contributed by atoms with van der Waals surface area (Å²) in [6.07, 6.45) is 0. The molecule has 0 N–H and O–H groups in total. The van der Waals surface area contributed by atoms with E-state index in [0.717, 1.165) is 113 Å². The van der Waals surface area contributed by atoms with Crippen molar-refractivity contribution in [2.75, 3.05) is 14.7 Å². The Morgan fingerprint density at radius 1 is 0.323 bits per heavy atom. The number of para-hydroxylation sites is 7. The average Bonchev–Trinajstić information content (AvgIpc) is 3.33. The van der Waals surface area contributed by atoms with Crippen LogP contribution in [0.4, 0.5) is 51.2 Å². The molecular weight excluding hydrogens is 760 g/mol. The number of nitrogens with zero attached hydrogens (tertiary/aromatic N) is 3. The summed E-state index contributed by atoms with van der Waals surface area (Å²) in [6, 6.07) is 67.2. The van der Waals surface area contributed by atoms with Crippen molar-refractivity contribution in [1.82, 2.24) is 0 Å². The molecule has 0 bridgehead atoms. The molecule has 6 nitrogen and oxygen atoms in total. The highest BCUT2D eigenvalue weighted by Crippen LogP contribution is 2.58. The topological polar surface area (TPSA) is 37.4 Å². The van der Waals surface area contributed by atoms with Crippen LogP contribution in [0.5, 0.6) is 34.5 Å². The second-order valence-corrected chi connectivity index (χ2v) is 16.7. The molecule has 9 aromatic rings. The maximum Gasteiger partial charge on any atom is 0.256 e. The summed E-state index contributed by atoms with van der Waals surface area (Å²) >= 11 is 0. The minimum Gasteiger partial charge on any atom is -0.458 e. The van der Waals surface area contributed by atoms with Crippen molar-refractivity contribution in [3.63, 3.8) is 0 Å². The normalized spacial score (nSPS) is 14.4. The molecule has 0 saturated carbocycles. The monoisotopic (exact) mass is 791 g/mol. The molecule has 62 heavy (non-hydrogen) atoms. The molecule has 8 heteroatoms. The van der Waals surface area contributed by atoms with E-state index < -0.39 is 0 Å². The third-order valence-electron chi connectivity index (χ3n) is 13.6. The van der Waals surface area contributed by atoms with Gasteiger partial charge in [-0.15, -0.1) is 0 Å². The van der Waals surface area contributed by atoms with Crippen molar-refractivity contribution in [3.05, 3.63) is 188 Å². The van der Waals surface area contributed by atoms with E-state index >= 15 is 0 Å². The van der Waals surface area contributed by atoms with Crippen LogP contribution in [0.1, 0.15) is 0 Å². The fourth-order valence-electron chi connectivity index (χ4n) is 11.3. The Labute approximate surface area is 358 Å². The zero-order valence-corrected chi connectivity index (χ0v) is 33.1. The lowest BCUT2D eigenvalue weighted by molar-refractivity contribution is 0.462. The second kappa shape index (κ2) is 11.8. The fraction of sp³-hybridized carbons (Fsp3) is 0. The lowest BCUT2D eigenvalue weighted by Crippen LogP contribution is -2.63. The van der Waals surface area contributed by atoms with Gasteiger partial charge in [0.25, 0.3) is 13.4 Å². The van der Waals surface area contributed by atoms with Crippen molar-refractivity contribution in [3.8, 4) is 45.6 Å². The van der Waals surface area contributed by atoms with Crippen LogP contribution in [-0.4, -0.2) is 13.4 Å². The Morgan fingerprint density at radius 2 is 0.823 bits per heavy atom. The first-order valence-corrected chi connectivity index (χ1v) is 21.2. The Morgan fingerprint density at radius 3 is 1.50 bits per heavy atom. The second-order valence-electron chi connectivity index (χ2n) is 16.7. The minimum atomic E-state index is -0.139.